The third-order valence-electron chi connectivity index (χ3n) is 4.16. The third-order valence-corrected chi connectivity index (χ3v) is 4.92. The number of anilines is 1. The van der Waals surface area contributed by atoms with E-state index < -0.39 is 10.8 Å². The maximum Gasteiger partial charge on any atom is 0.275 e. The molecule has 0 saturated heterocycles. The zero-order chi connectivity index (χ0) is 20.4. The fourth-order valence-corrected chi connectivity index (χ4v) is 3.51. The van der Waals surface area contributed by atoms with Crippen LogP contribution in [0.3, 0.4) is 0 Å². The smallest absolute Gasteiger partial charge is 0.275 e. The minimum Gasteiger partial charge on any atom is -0.300 e. The molecule has 4 aromatic rings. The molecule has 2 aromatic heterocycles. The topological polar surface area (TPSA) is 120 Å². The molecule has 29 heavy (non-hydrogen) atoms. The van der Waals surface area contributed by atoms with E-state index in [0.717, 1.165) is 4.68 Å². The largest absolute Gasteiger partial charge is 0.300 e. The van der Waals surface area contributed by atoms with Crippen molar-refractivity contribution in [2.24, 2.45) is 0 Å². The molecule has 0 spiro atoms. The number of hydrogen-bond donors (Lipinski definition) is 1. The Hall–Kier alpha value is -3.92. The molecule has 0 aliphatic heterocycles. The number of hydrogen-bond acceptors (Lipinski definition) is 7. The van der Waals surface area contributed by atoms with Gasteiger partial charge in [-0.3, -0.25) is 19.7 Å². The van der Waals surface area contributed by atoms with E-state index in [2.05, 4.69) is 15.4 Å². The number of nitro benzene ring substituents is 1. The molecule has 0 aliphatic rings. The molecular weight excluding hydrogens is 394 g/mol. The van der Waals surface area contributed by atoms with Gasteiger partial charge in [-0.25, -0.2) is 9.67 Å². The van der Waals surface area contributed by atoms with Crippen LogP contribution in [0.15, 0.2) is 64.9 Å². The highest BCUT2D eigenvalue weighted by atomic mass is 32.1. The van der Waals surface area contributed by atoms with Crippen molar-refractivity contribution in [1.29, 1.82) is 0 Å². The summed E-state index contributed by atoms with van der Waals surface area (Å²) in [6.45, 7) is -0.255. The third kappa shape index (κ3) is 3.87. The van der Waals surface area contributed by atoms with Crippen molar-refractivity contribution in [1.82, 2.24) is 14.8 Å². The summed E-state index contributed by atoms with van der Waals surface area (Å²) in [5.41, 5.74) is 0.691. The van der Waals surface area contributed by atoms with Gasteiger partial charge in [0.1, 0.15) is 6.54 Å². The van der Waals surface area contributed by atoms with Crippen molar-refractivity contribution >= 4 is 38.8 Å². The number of fused-ring (bicyclic) bond motifs is 1. The standard InChI is InChI=1S/C19H13N5O4S/c25-17(10-23-18(26)15-7-2-1-4-13(15)9-20-23)22-19-21-16(11-29-19)12-5-3-6-14(8-12)24(27)28/h1-9,11H,10H2,(H,21,22,25). The number of benzene rings is 2. The fraction of sp³-hybridized carbons (Fsp3) is 0.0526. The number of nitrogens with one attached hydrogen (secondary N) is 1. The molecule has 1 amide bonds. The lowest BCUT2D eigenvalue weighted by atomic mass is 10.1. The van der Waals surface area contributed by atoms with Gasteiger partial charge in [-0.1, -0.05) is 30.3 Å². The number of non-ortho nitro benzene ring substituents is 1. The van der Waals surface area contributed by atoms with Crippen LogP contribution in [0.1, 0.15) is 0 Å². The van der Waals surface area contributed by atoms with Crippen molar-refractivity contribution in [3.8, 4) is 11.3 Å². The molecule has 0 radical (unpaired) electrons. The van der Waals surface area contributed by atoms with Crippen LogP contribution in [-0.2, 0) is 11.3 Å². The lowest BCUT2D eigenvalue weighted by Gasteiger charge is -2.05. The molecule has 144 valence electrons. The monoisotopic (exact) mass is 407 g/mol. The van der Waals surface area contributed by atoms with Gasteiger partial charge in [0.15, 0.2) is 5.13 Å². The van der Waals surface area contributed by atoms with Crippen LogP contribution < -0.4 is 10.9 Å². The van der Waals surface area contributed by atoms with Gasteiger partial charge in [0.25, 0.3) is 11.2 Å². The van der Waals surface area contributed by atoms with Gasteiger partial charge in [0, 0.05) is 28.5 Å². The number of amides is 1. The van der Waals surface area contributed by atoms with Crippen LogP contribution in [0.2, 0.25) is 0 Å². The highest BCUT2D eigenvalue weighted by Gasteiger charge is 2.13. The van der Waals surface area contributed by atoms with Gasteiger partial charge in [0.2, 0.25) is 5.91 Å². The highest BCUT2D eigenvalue weighted by Crippen LogP contribution is 2.27. The highest BCUT2D eigenvalue weighted by molar-refractivity contribution is 7.14. The number of nitrogens with zero attached hydrogens (tertiary/aromatic N) is 4. The van der Waals surface area contributed by atoms with Crippen LogP contribution in [-0.4, -0.2) is 25.6 Å². The van der Waals surface area contributed by atoms with Crippen molar-refractivity contribution in [2.75, 3.05) is 5.32 Å². The summed E-state index contributed by atoms with van der Waals surface area (Å²) in [5, 5.41) is 20.8. The van der Waals surface area contributed by atoms with Crippen molar-refractivity contribution in [3.05, 3.63) is 80.6 Å². The average Bonchev–Trinajstić information content (AvgIpc) is 3.19. The Kier molecular flexibility index (Phi) is 4.83. The molecule has 9 nitrogen and oxygen atoms in total. The SMILES string of the molecule is O=C(Cn1ncc2ccccc2c1=O)Nc1nc(-c2cccc([N+](=O)[O-])c2)cs1. The molecule has 1 N–H and O–H groups in total. The quantitative estimate of drug-likeness (QED) is 0.401. The Morgan fingerprint density at radius 3 is 2.86 bits per heavy atom. The zero-order valence-corrected chi connectivity index (χ0v) is 15.6. The van der Waals surface area contributed by atoms with E-state index in [1.54, 1.807) is 35.7 Å². The van der Waals surface area contributed by atoms with Gasteiger partial charge >= 0.3 is 0 Å². The van der Waals surface area contributed by atoms with Gasteiger partial charge in [-0.15, -0.1) is 11.3 Å². The van der Waals surface area contributed by atoms with Gasteiger partial charge in [0.05, 0.1) is 22.2 Å². The van der Waals surface area contributed by atoms with Crippen LogP contribution >= 0.6 is 11.3 Å². The Balaban J connectivity index is 1.50. The number of carbonyl (C=O) groups excluding carboxylic acids is 1. The maximum absolute atomic E-state index is 12.4. The van der Waals surface area contributed by atoms with Crippen LogP contribution in [0, 0.1) is 10.1 Å². The molecule has 10 heteroatoms. The lowest BCUT2D eigenvalue weighted by Crippen LogP contribution is -2.29. The first-order chi connectivity index (χ1) is 14.0. The van der Waals surface area contributed by atoms with Crippen LogP contribution in [0.5, 0.6) is 0 Å². The second kappa shape index (κ2) is 7.60. The van der Waals surface area contributed by atoms with E-state index in [4.69, 9.17) is 0 Å². The summed E-state index contributed by atoms with van der Waals surface area (Å²) >= 11 is 1.18. The van der Waals surface area contributed by atoms with Gasteiger partial charge in [-0.05, 0) is 6.07 Å². The van der Waals surface area contributed by atoms with E-state index in [0.29, 0.717) is 27.2 Å². The van der Waals surface area contributed by atoms with Crippen LogP contribution in [0.4, 0.5) is 10.8 Å². The van der Waals surface area contributed by atoms with Crippen molar-refractivity contribution in [2.45, 2.75) is 6.54 Å². The molecule has 0 atom stereocenters. The summed E-state index contributed by atoms with van der Waals surface area (Å²) in [4.78, 5) is 39.5. The van der Waals surface area contributed by atoms with E-state index in [1.807, 2.05) is 6.07 Å². The molecule has 0 bridgehead atoms. The summed E-state index contributed by atoms with van der Waals surface area (Å²) in [7, 11) is 0. The second-order valence-electron chi connectivity index (χ2n) is 6.09. The fourth-order valence-electron chi connectivity index (χ4n) is 2.78. The number of aromatic nitrogens is 3. The zero-order valence-electron chi connectivity index (χ0n) is 14.8. The first-order valence-corrected chi connectivity index (χ1v) is 9.34. The average molecular weight is 407 g/mol. The Morgan fingerprint density at radius 2 is 2.03 bits per heavy atom. The van der Waals surface area contributed by atoms with E-state index in [1.165, 1.54) is 29.7 Å². The predicted octanol–water partition coefficient (Wildman–Crippen LogP) is 3.07. The molecular formula is C19H13N5O4S. The van der Waals surface area contributed by atoms with Crippen molar-refractivity contribution < 1.29 is 9.72 Å². The Bertz CT molecular complexity index is 1300. The van der Waals surface area contributed by atoms with E-state index >= 15 is 0 Å². The number of nitro groups is 1. The Labute approximate surface area is 167 Å². The van der Waals surface area contributed by atoms with E-state index in [9.17, 15) is 19.7 Å². The minimum atomic E-state index is -0.479. The summed E-state index contributed by atoms with van der Waals surface area (Å²) in [6, 6.07) is 13.1. The molecule has 2 aromatic carbocycles. The molecule has 0 fully saturated rings. The Morgan fingerprint density at radius 1 is 1.21 bits per heavy atom. The minimum absolute atomic E-state index is 0.0390. The molecule has 0 aliphatic carbocycles. The number of thiazole rings is 1. The molecule has 0 unspecified atom stereocenters. The maximum atomic E-state index is 12.4. The number of rotatable bonds is 5. The first-order valence-electron chi connectivity index (χ1n) is 8.46. The van der Waals surface area contributed by atoms with Crippen molar-refractivity contribution in [3.63, 3.8) is 0 Å². The second-order valence-corrected chi connectivity index (χ2v) is 6.95. The van der Waals surface area contributed by atoms with Crippen LogP contribution in [0.25, 0.3) is 22.0 Å². The van der Waals surface area contributed by atoms with Gasteiger partial charge < -0.3 is 5.32 Å². The molecule has 2 heterocycles. The first kappa shape index (κ1) is 18.4. The number of carbonyl (C=O) groups is 1. The normalized spacial score (nSPS) is 10.8. The lowest BCUT2D eigenvalue weighted by molar-refractivity contribution is -0.384. The summed E-state index contributed by atoms with van der Waals surface area (Å²) < 4.78 is 1.09. The predicted molar refractivity (Wildman–Crippen MR) is 109 cm³/mol. The van der Waals surface area contributed by atoms with Gasteiger partial charge in [-0.2, -0.15) is 5.10 Å². The molecule has 4 rings (SSSR count). The molecule has 0 saturated carbocycles. The summed E-state index contributed by atoms with van der Waals surface area (Å²) in [5.74, 6) is -0.449. The summed E-state index contributed by atoms with van der Waals surface area (Å²) in [6.07, 6.45) is 1.54. The van der Waals surface area contributed by atoms with E-state index in [-0.39, 0.29) is 17.8 Å².